The molecular weight excluding hydrogens is 461 g/mol. The number of methoxy groups -OCH3 is 1. The second-order valence-electron chi connectivity index (χ2n) is 8.23. The van der Waals surface area contributed by atoms with Gasteiger partial charge >= 0.3 is 0 Å². The smallest absolute Gasteiger partial charge is 0.255 e. The van der Waals surface area contributed by atoms with Crippen LogP contribution >= 0.6 is 0 Å². The van der Waals surface area contributed by atoms with Gasteiger partial charge in [-0.05, 0) is 54.4 Å². The Morgan fingerprint density at radius 3 is 2.58 bits per heavy atom. The van der Waals surface area contributed by atoms with Crippen LogP contribution in [0.25, 0.3) is 0 Å². The van der Waals surface area contributed by atoms with Crippen LogP contribution in [0.4, 0.5) is 16.0 Å². The molecule has 0 spiro atoms. The lowest BCUT2D eigenvalue weighted by molar-refractivity contribution is -0.113. The zero-order valence-corrected chi connectivity index (χ0v) is 19.7. The van der Waals surface area contributed by atoms with Crippen molar-refractivity contribution in [2.45, 2.75) is 19.6 Å². The highest BCUT2D eigenvalue weighted by molar-refractivity contribution is 6.06. The van der Waals surface area contributed by atoms with E-state index in [1.54, 1.807) is 36.1 Å². The molecule has 4 aromatic rings. The van der Waals surface area contributed by atoms with Gasteiger partial charge in [-0.25, -0.2) is 9.07 Å². The molecule has 1 aromatic heterocycles. The summed E-state index contributed by atoms with van der Waals surface area (Å²) in [7, 11) is 1.56. The number of hydrogen-bond acceptors (Lipinski definition) is 6. The van der Waals surface area contributed by atoms with Gasteiger partial charge in [-0.2, -0.15) is 10.1 Å². The molecule has 0 radical (unpaired) electrons. The van der Waals surface area contributed by atoms with Gasteiger partial charge in [-0.3, -0.25) is 4.79 Å². The number of carbonyl (C=O) groups excluding carboxylic acids is 1. The van der Waals surface area contributed by atoms with E-state index in [1.165, 1.54) is 18.5 Å². The summed E-state index contributed by atoms with van der Waals surface area (Å²) in [5.41, 5.74) is 3.43. The SMILES string of the molecule is COc1ccccc1NC(=O)C1=C(C)Nc2ncnn2[C@H]1c1ccc(OCc2ccc(F)cc2)cc1. The predicted octanol–water partition coefficient (Wildman–Crippen LogP) is 4.93. The summed E-state index contributed by atoms with van der Waals surface area (Å²) >= 11 is 0. The molecule has 2 heterocycles. The molecule has 0 bridgehead atoms. The summed E-state index contributed by atoms with van der Waals surface area (Å²) in [5.74, 6) is 1.19. The number of allylic oxidation sites excluding steroid dienone is 1. The molecule has 0 aliphatic carbocycles. The molecule has 1 amide bonds. The van der Waals surface area contributed by atoms with E-state index in [1.807, 2.05) is 43.3 Å². The number of halogens is 1. The van der Waals surface area contributed by atoms with Gasteiger partial charge < -0.3 is 20.1 Å². The van der Waals surface area contributed by atoms with Crippen LogP contribution in [0.2, 0.25) is 0 Å². The minimum Gasteiger partial charge on any atom is -0.495 e. The highest BCUT2D eigenvalue weighted by atomic mass is 19.1. The lowest BCUT2D eigenvalue weighted by atomic mass is 9.95. The van der Waals surface area contributed by atoms with Crippen LogP contribution in [-0.2, 0) is 11.4 Å². The molecule has 0 saturated carbocycles. The number of fused-ring (bicyclic) bond motifs is 1. The van der Waals surface area contributed by atoms with Crippen molar-refractivity contribution in [1.29, 1.82) is 0 Å². The second kappa shape index (κ2) is 9.91. The van der Waals surface area contributed by atoms with Crippen molar-refractivity contribution >= 4 is 17.5 Å². The summed E-state index contributed by atoms with van der Waals surface area (Å²) in [6.45, 7) is 2.15. The van der Waals surface area contributed by atoms with Crippen LogP contribution in [0.15, 0.2) is 90.4 Å². The topological polar surface area (TPSA) is 90.3 Å². The van der Waals surface area contributed by atoms with Gasteiger partial charge in [0.1, 0.15) is 36.3 Å². The standard InChI is InChI=1S/C27H24FN5O3/c1-17-24(26(34)32-22-5-3-4-6-23(22)35-2)25(33-27(31-17)29-16-30-33)19-9-13-21(14-10-19)36-15-18-7-11-20(28)12-8-18/h3-14,16,25H,15H2,1-2H3,(H,32,34)(H,29,30,31)/t25-/m0/s1. The number of aromatic nitrogens is 3. The lowest BCUT2D eigenvalue weighted by Gasteiger charge is -2.29. The Hall–Kier alpha value is -4.66. The van der Waals surface area contributed by atoms with E-state index < -0.39 is 6.04 Å². The van der Waals surface area contributed by atoms with Gasteiger partial charge in [-0.1, -0.05) is 36.4 Å². The van der Waals surface area contributed by atoms with E-state index in [0.29, 0.717) is 41.0 Å². The normalized spacial score (nSPS) is 14.6. The second-order valence-corrected chi connectivity index (χ2v) is 8.23. The van der Waals surface area contributed by atoms with Crippen LogP contribution < -0.4 is 20.1 Å². The zero-order chi connectivity index (χ0) is 25.1. The molecule has 5 rings (SSSR count). The molecule has 0 fully saturated rings. The first-order valence-corrected chi connectivity index (χ1v) is 11.3. The molecular formula is C27H24FN5O3. The van der Waals surface area contributed by atoms with Gasteiger partial charge in [0.25, 0.3) is 5.91 Å². The number of anilines is 2. The van der Waals surface area contributed by atoms with Gasteiger partial charge in [0.2, 0.25) is 5.95 Å². The Morgan fingerprint density at radius 1 is 1.08 bits per heavy atom. The van der Waals surface area contributed by atoms with E-state index >= 15 is 0 Å². The van der Waals surface area contributed by atoms with Crippen LogP contribution in [0.1, 0.15) is 24.1 Å². The number of nitrogens with one attached hydrogen (secondary N) is 2. The monoisotopic (exact) mass is 485 g/mol. The molecule has 1 aliphatic rings. The average molecular weight is 486 g/mol. The molecule has 36 heavy (non-hydrogen) atoms. The maximum atomic E-state index is 13.5. The van der Waals surface area contributed by atoms with E-state index in [0.717, 1.165) is 11.1 Å². The number of rotatable bonds is 7. The van der Waals surface area contributed by atoms with Crippen molar-refractivity contribution in [1.82, 2.24) is 14.8 Å². The molecule has 1 aliphatic heterocycles. The third-order valence-electron chi connectivity index (χ3n) is 5.91. The number of carbonyl (C=O) groups is 1. The van der Waals surface area contributed by atoms with Gasteiger partial charge in [0.05, 0.1) is 18.4 Å². The molecule has 182 valence electrons. The molecule has 2 N–H and O–H groups in total. The maximum absolute atomic E-state index is 13.5. The lowest BCUT2D eigenvalue weighted by Crippen LogP contribution is -2.31. The number of ether oxygens (including phenoxy) is 2. The number of benzene rings is 3. The average Bonchev–Trinajstić information content (AvgIpc) is 3.36. The Balaban J connectivity index is 1.41. The Bertz CT molecular complexity index is 1410. The quantitative estimate of drug-likeness (QED) is 0.386. The summed E-state index contributed by atoms with van der Waals surface area (Å²) in [6, 6.07) is 20.4. The first kappa shape index (κ1) is 23.1. The van der Waals surface area contributed by atoms with Crippen LogP contribution in [0.3, 0.4) is 0 Å². The van der Waals surface area contributed by atoms with Crippen LogP contribution in [-0.4, -0.2) is 27.8 Å². The molecule has 3 aromatic carbocycles. The summed E-state index contributed by atoms with van der Waals surface area (Å²) < 4.78 is 26.1. The number of nitrogens with zero attached hydrogens (tertiary/aromatic N) is 3. The van der Waals surface area contributed by atoms with Gasteiger partial charge in [0.15, 0.2) is 0 Å². The van der Waals surface area contributed by atoms with E-state index in [9.17, 15) is 9.18 Å². The number of amides is 1. The molecule has 0 saturated heterocycles. The fourth-order valence-corrected chi connectivity index (χ4v) is 4.12. The van der Waals surface area contributed by atoms with E-state index in [4.69, 9.17) is 9.47 Å². The van der Waals surface area contributed by atoms with Gasteiger partial charge in [0, 0.05) is 5.70 Å². The van der Waals surface area contributed by atoms with E-state index in [-0.39, 0.29) is 11.7 Å². The molecule has 9 heteroatoms. The Morgan fingerprint density at radius 2 is 1.83 bits per heavy atom. The van der Waals surface area contributed by atoms with Crippen LogP contribution in [0.5, 0.6) is 11.5 Å². The Labute approximate surface area is 207 Å². The van der Waals surface area contributed by atoms with Crippen molar-refractivity contribution in [3.05, 3.63) is 107 Å². The zero-order valence-electron chi connectivity index (χ0n) is 19.7. The van der Waals surface area contributed by atoms with Crippen molar-refractivity contribution in [2.24, 2.45) is 0 Å². The highest BCUT2D eigenvalue weighted by Crippen LogP contribution is 2.36. The minimum atomic E-state index is -0.510. The summed E-state index contributed by atoms with van der Waals surface area (Å²) in [6.07, 6.45) is 1.45. The summed E-state index contributed by atoms with van der Waals surface area (Å²) in [4.78, 5) is 17.8. The number of hydrogen-bond donors (Lipinski definition) is 2. The first-order chi connectivity index (χ1) is 17.5. The van der Waals surface area contributed by atoms with Crippen molar-refractivity contribution < 1.29 is 18.7 Å². The minimum absolute atomic E-state index is 0.285. The Kier molecular flexibility index (Phi) is 6.36. The third kappa shape index (κ3) is 4.63. The fraction of sp³-hybridized carbons (Fsp3) is 0.148. The fourth-order valence-electron chi connectivity index (χ4n) is 4.12. The van der Waals surface area contributed by atoms with Crippen molar-refractivity contribution in [3.8, 4) is 11.5 Å². The third-order valence-corrected chi connectivity index (χ3v) is 5.91. The maximum Gasteiger partial charge on any atom is 0.255 e. The molecule has 0 unspecified atom stereocenters. The van der Waals surface area contributed by atoms with Crippen molar-refractivity contribution in [2.75, 3.05) is 17.7 Å². The number of para-hydroxylation sites is 2. The summed E-state index contributed by atoms with van der Waals surface area (Å²) in [5, 5.41) is 10.5. The predicted molar refractivity (Wildman–Crippen MR) is 133 cm³/mol. The van der Waals surface area contributed by atoms with Crippen molar-refractivity contribution in [3.63, 3.8) is 0 Å². The first-order valence-electron chi connectivity index (χ1n) is 11.3. The van der Waals surface area contributed by atoms with E-state index in [2.05, 4.69) is 20.7 Å². The van der Waals surface area contributed by atoms with Crippen LogP contribution in [0, 0.1) is 5.82 Å². The van der Waals surface area contributed by atoms with Gasteiger partial charge in [-0.15, -0.1) is 0 Å². The molecule has 1 atom stereocenters. The molecule has 8 nitrogen and oxygen atoms in total. The highest BCUT2D eigenvalue weighted by Gasteiger charge is 2.33. The largest absolute Gasteiger partial charge is 0.495 e.